The van der Waals surface area contributed by atoms with E-state index in [0.29, 0.717) is 44.9 Å². The van der Waals surface area contributed by atoms with E-state index in [4.69, 9.17) is 9.72 Å². The number of thiazole rings is 1. The number of carbonyl (C=O) groups is 3. The van der Waals surface area contributed by atoms with Crippen LogP contribution < -0.4 is 5.32 Å². The van der Waals surface area contributed by atoms with Crippen LogP contribution in [0.25, 0.3) is 10.2 Å². The third-order valence-corrected chi connectivity index (χ3v) is 8.13. The number of rotatable bonds is 14. The van der Waals surface area contributed by atoms with Crippen LogP contribution in [0, 0.1) is 11.8 Å². The van der Waals surface area contributed by atoms with Crippen molar-refractivity contribution in [1.29, 1.82) is 0 Å². The molecule has 38 heavy (non-hydrogen) atoms. The Kier molecular flexibility index (Phi) is 11.6. The molecule has 2 heterocycles. The monoisotopic (exact) mass is 541 g/mol. The number of Topliss-reactive ketones (excluding diaryl/α,β-unsaturated/α-hetero) is 1. The number of fused-ring (bicyclic) bond motifs is 1. The highest BCUT2D eigenvalue weighted by Gasteiger charge is 2.30. The number of likely N-dealkylation sites (N-methyl/N-ethyl adjacent to an activating group) is 1. The number of ether oxygens (including phenoxy) is 1. The van der Waals surface area contributed by atoms with E-state index in [9.17, 15) is 14.4 Å². The van der Waals surface area contributed by atoms with Crippen LogP contribution in [0.15, 0.2) is 30.4 Å². The molecule has 8 heteroatoms. The first-order chi connectivity index (χ1) is 18.1. The molecule has 1 aromatic carbocycles. The lowest BCUT2D eigenvalue weighted by atomic mass is 9.87. The fraction of sp³-hybridized carbons (Fsp3) is 0.600. The van der Waals surface area contributed by atoms with Gasteiger partial charge in [-0.25, -0.2) is 4.98 Å². The van der Waals surface area contributed by atoms with Crippen LogP contribution in [0.5, 0.6) is 0 Å². The first-order valence-corrected chi connectivity index (χ1v) is 14.5. The summed E-state index contributed by atoms with van der Waals surface area (Å²) in [7, 11) is 3.92. The predicted octanol–water partition coefficient (Wildman–Crippen LogP) is 4.94. The van der Waals surface area contributed by atoms with Gasteiger partial charge in [-0.15, -0.1) is 11.3 Å². The van der Waals surface area contributed by atoms with Gasteiger partial charge in [-0.05, 0) is 75.9 Å². The molecule has 0 spiro atoms. The van der Waals surface area contributed by atoms with Crippen LogP contribution in [0.4, 0.5) is 0 Å². The van der Waals surface area contributed by atoms with E-state index in [0.717, 1.165) is 28.1 Å². The van der Waals surface area contributed by atoms with Gasteiger partial charge in [0.15, 0.2) is 5.78 Å². The SMILES string of the molecule is CC(=O)C[C@@H](Cc1nc2ccc(C(C)C)cc2s1)C(=O)N[C@H](CCC(=O)/C=C/CN(C)C)C1CCOCC1. The summed E-state index contributed by atoms with van der Waals surface area (Å²) in [6, 6.07) is 6.18. The van der Waals surface area contributed by atoms with Crippen molar-refractivity contribution in [1.82, 2.24) is 15.2 Å². The lowest BCUT2D eigenvalue weighted by molar-refractivity contribution is -0.130. The Morgan fingerprint density at radius 3 is 2.61 bits per heavy atom. The van der Waals surface area contributed by atoms with Crippen LogP contribution >= 0.6 is 11.3 Å². The van der Waals surface area contributed by atoms with Crippen molar-refractivity contribution in [3.8, 4) is 0 Å². The van der Waals surface area contributed by atoms with Gasteiger partial charge in [-0.2, -0.15) is 0 Å². The minimum atomic E-state index is -0.490. The number of nitrogens with zero attached hydrogens (tertiary/aromatic N) is 2. The van der Waals surface area contributed by atoms with Crippen molar-refractivity contribution in [2.75, 3.05) is 33.9 Å². The number of benzene rings is 1. The normalized spacial score (nSPS) is 16.4. The molecule has 1 amide bonds. The topological polar surface area (TPSA) is 88.6 Å². The van der Waals surface area contributed by atoms with Crippen molar-refractivity contribution in [3.05, 3.63) is 40.9 Å². The molecule has 0 aliphatic carbocycles. The maximum Gasteiger partial charge on any atom is 0.224 e. The zero-order valence-corrected chi connectivity index (χ0v) is 24.3. The molecular formula is C30H43N3O4S. The van der Waals surface area contributed by atoms with E-state index in [2.05, 4.69) is 31.3 Å². The lowest BCUT2D eigenvalue weighted by Gasteiger charge is -2.32. The maximum absolute atomic E-state index is 13.6. The van der Waals surface area contributed by atoms with Gasteiger partial charge in [-0.1, -0.05) is 26.0 Å². The van der Waals surface area contributed by atoms with E-state index < -0.39 is 5.92 Å². The van der Waals surface area contributed by atoms with Gasteiger partial charge in [0.05, 0.1) is 21.1 Å². The van der Waals surface area contributed by atoms with E-state index in [1.54, 1.807) is 17.4 Å². The largest absolute Gasteiger partial charge is 0.381 e. The van der Waals surface area contributed by atoms with E-state index >= 15 is 0 Å². The summed E-state index contributed by atoms with van der Waals surface area (Å²) in [5, 5.41) is 4.11. The fourth-order valence-corrected chi connectivity index (χ4v) is 5.97. The molecule has 0 unspecified atom stereocenters. The Labute approximate surface area is 231 Å². The molecule has 0 bridgehead atoms. The summed E-state index contributed by atoms with van der Waals surface area (Å²) in [6.45, 7) is 7.90. The molecule has 1 fully saturated rings. The standard InChI is InChI=1S/C30H43N3O4S/c1-20(2)23-8-10-27-28(18-23)38-29(31-27)19-24(17-21(3)34)30(36)32-26(22-12-15-37-16-13-22)11-9-25(35)7-6-14-33(4)5/h6-8,10,18,20,22,24,26H,9,11-17,19H2,1-5H3,(H,32,36)/b7-6+/t24-,26+/m0/s1. The summed E-state index contributed by atoms with van der Waals surface area (Å²) in [6.07, 6.45) is 6.76. The highest BCUT2D eigenvalue weighted by molar-refractivity contribution is 7.18. The summed E-state index contributed by atoms with van der Waals surface area (Å²) < 4.78 is 6.65. The Bertz CT molecular complexity index is 1120. The highest BCUT2D eigenvalue weighted by atomic mass is 32.1. The molecule has 0 saturated carbocycles. The van der Waals surface area contributed by atoms with Gasteiger partial charge in [0, 0.05) is 45.1 Å². The average molecular weight is 542 g/mol. The summed E-state index contributed by atoms with van der Waals surface area (Å²) in [5.74, 6) is 0.107. The smallest absolute Gasteiger partial charge is 0.224 e. The van der Waals surface area contributed by atoms with Crippen LogP contribution in [0.2, 0.25) is 0 Å². The lowest BCUT2D eigenvalue weighted by Crippen LogP contribution is -2.45. The number of carbonyl (C=O) groups excluding carboxylic acids is 3. The molecule has 3 rings (SSSR count). The fourth-order valence-electron chi connectivity index (χ4n) is 4.87. The second-order valence-corrected chi connectivity index (χ2v) is 12.1. The summed E-state index contributed by atoms with van der Waals surface area (Å²) in [5.41, 5.74) is 2.19. The number of amides is 1. The number of hydrogen-bond acceptors (Lipinski definition) is 7. The zero-order chi connectivity index (χ0) is 27.7. The second kappa shape index (κ2) is 14.7. The molecular weight excluding hydrogens is 498 g/mol. The van der Waals surface area contributed by atoms with Gasteiger partial charge >= 0.3 is 0 Å². The van der Waals surface area contributed by atoms with Crippen LogP contribution in [-0.2, 0) is 25.5 Å². The first-order valence-electron chi connectivity index (χ1n) is 13.7. The van der Waals surface area contributed by atoms with Crippen molar-refractivity contribution in [2.24, 2.45) is 11.8 Å². The zero-order valence-electron chi connectivity index (χ0n) is 23.5. The molecule has 208 valence electrons. The number of ketones is 2. The molecule has 1 saturated heterocycles. The minimum Gasteiger partial charge on any atom is -0.381 e. The second-order valence-electron chi connectivity index (χ2n) is 11.0. The Morgan fingerprint density at radius 1 is 1.21 bits per heavy atom. The van der Waals surface area contributed by atoms with Gasteiger partial charge < -0.3 is 19.7 Å². The van der Waals surface area contributed by atoms with Gasteiger partial charge in [0.25, 0.3) is 0 Å². The number of nitrogens with one attached hydrogen (secondary N) is 1. The van der Waals surface area contributed by atoms with Crippen molar-refractivity contribution >= 4 is 39.0 Å². The average Bonchev–Trinajstić information content (AvgIpc) is 3.27. The van der Waals surface area contributed by atoms with E-state index in [1.807, 2.05) is 31.1 Å². The van der Waals surface area contributed by atoms with Crippen molar-refractivity contribution in [2.45, 2.75) is 71.3 Å². The number of hydrogen-bond donors (Lipinski definition) is 1. The Balaban J connectivity index is 1.72. The van der Waals surface area contributed by atoms with Crippen LogP contribution in [0.1, 0.15) is 69.4 Å². The molecule has 7 nitrogen and oxygen atoms in total. The van der Waals surface area contributed by atoms with Crippen molar-refractivity contribution < 1.29 is 19.1 Å². The number of allylic oxidation sites excluding steroid dienone is 1. The van der Waals surface area contributed by atoms with Gasteiger partial charge in [-0.3, -0.25) is 9.59 Å². The quantitative estimate of drug-likeness (QED) is 0.341. The summed E-state index contributed by atoms with van der Waals surface area (Å²) in [4.78, 5) is 44.9. The molecule has 2 atom stereocenters. The van der Waals surface area contributed by atoms with E-state index in [1.165, 1.54) is 12.5 Å². The van der Waals surface area contributed by atoms with Crippen LogP contribution in [-0.4, -0.2) is 67.3 Å². The van der Waals surface area contributed by atoms with Gasteiger partial charge in [0.1, 0.15) is 5.78 Å². The molecule has 1 aromatic heterocycles. The highest BCUT2D eigenvalue weighted by Crippen LogP contribution is 2.29. The molecule has 0 radical (unpaired) electrons. The number of aromatic nitrogens is 1. The summed E-state index contributed by atoms with van der Waals surface area (Å²) >= 11 is 1.60. The minimum absolute atomic E-state index is 0.0165. The molecule has 1 N–H and O–H groups in total. The predicted molar refractivity (Wildman–Crippen MR) is 154 cm³/mol. The van der Waals surface area contributed by atoms with Gasteiger partial charge in [0.2, 0.25) is 5.91 Å². The first kappa shape index (κ1) is 30.1. The van der Waals surface area contributed by atoms with Crippen LogP contribution in [0.3, 0.4) is 0 Å². The molecule has 1 aliphatic rings. The molecule has 2 aromatic rings. The Morgan fingerprint density at radius 2 is 1.95 bits per heavy atom. The third-order valence-electron chi connectivity index (χ3n) is 7.09. The Hall–Kier alpha value is -2.42. The maximum atomic E-state index is 13.6. The van der Waals surface area contributed by atoms with Crippen molar-refractivity contribution in [3.63, 3.8) is 0 Å². The third kappa shape index (κ3) is 9.40. The van der Waals surface area contributed by atoms with E-state index in [-0.39, 0.29) is 35.9 Å². The molecule has 1 aliphatic heterocycles.